The van der Waals surface area contributed by atoms with Crippen LogP contribution in [-0.2, 0) is 11.2 Å². The van der Waals surface area contributed by atoms with Crippen molar-refractivity contribution in [3.05, 3.63) is 65.1 Å². The Morgan fingerprint density at radius 1 is 0.848 bits per heavy atom. The Morgan fingerprint density at radius 2 is 1.58 bits per heavy atom. The van der Waals surface area contributed by atoms with E-state index in [1.54, 1.807) is 0 Å². The number of hydrogen-bond acceptors (Lipinski definition) is 2. The fraction of sp³-hybridized carbons (Fsp3) is 0.552. The van der Waals surface area contributed by atoms with Crippen LogP contribution >= 0.6 is 0 Å². The fourth-order valence-electron chi connectivity index (χ4n) is 4.26. The number of rotatable bonds is 17. The molecule has 0 saturated heterocycles. The third kappa shape index (κ3) is 8.75. The zero-order valence-electron chi connectivity index (χ0n) is 20.8. The first-order chi connectivity index (χ1) is 16.3. The average Bonchev–Trinajstić information content (AvgIpc) is 3.58. The minimum Gasteiger partial charge on any atom is -0.491 e. The normalized spacial score (nSPS) is 14.7. The zero-order chi connectivity index (χ0) is 23.1. The van der Waals surface area contributed by atoms with Gasteiger partial charge in [-0.25, -0.2) is 4.99 Å². The van der Waals surface area contributed by atoms with Gasteiger partial charge in [0.15, 0.2) is 0 Å². The number of H-pyrrole nitrogens is 2. The molecule has 0 radical (unpaired) electrons. The van der Waals surface area contributed by atoms with Gasteiger partial charge < -0.3 is 14.7 Å². The molecule has 3 rings (SSSR count). The van der Waals surface area contributed by atoms with Crippen molar-refractivity contribution in [2.24, 2.45) is 4.99 Å². The summed E-state index contributed by atoms with van der Waals surface area (Å²) < 4.78 is 6.11. The molecule has 2 N–H and O–H groups in total. The summed E-state index contributed by atoms with van der Waals surface area (Å²) in [5, 5.41) is 0. The number of aromatic amines is 2. The standard InChI is InChI=1S/C29H43N3O/c1-3-5-7-8-9-10-11-12-13-16-24-18-19-25(31-24)22-28-29(33-21-14-6-4-2)23-27(32-28)26-17-15-20-30-26/h15,17-20,22-23,30-31H,3-14,16,21H2,1-2H3. The molecule has 0 fully saturated rings. The molecule has 0 atom stereocenters. The van der Waals surface area contributed by atoms with Crippen LogP contribution in [0.1, 0.15) is 108 Å². The number of aromatic nitrogens is 2. The number of ether oxygens (including phenoxy) is 1. The van der Waals surface area contributed by atoms with E-state index in [9.17, 15) is 0 Å². The molecule has 1 aliphatic heterocycles. The topological polar surface area (TPSA) is 53.2 Å². The summed E-state index contributed by atoms with van der Waals surface area (Å²) in [5.41, 5.74) is 5.25. The average molecular weight is 450 g/mol. The summed E-state index contributed by atoms with van der Waals surface area (Å²) in [6.45, 7) is 5.23. The van der Waals surface area contributed by atoms with Crippen molar-refractivity contribution in [3.63, 3.8) is 0 Å². The molecular formula is C29H43N3O. The number of nitrogens with one attached hydrogen (secondary N) is 2. The summed E-state index contributed by atoms with van der Waals surface area (Å²) in [5.74, 6) is 0.866. The summed E-state index contributed by atoms with van der Waals surface area (Å²) in [6, 6.07) is 8.42. The van der Waals surface area contributed by atoms with Crippen LogP contribution in [0.3, 0.4) is 0 Å². The molecule has 4 heteroatoms. The van der Waals surface area contributed by atoms with E-state index in [0.29, 0.717) is 0 Å². The number of aliphatic imine (C=N–C) groups is 1. The largest absolute Gasteiger partial charge is 0.491 e. The van der Waals surface area contributed by atoms with Crippen molar-refractivity contribution >= 4 is 11.8 Å². The van der Waals surface area contributed by atoms with Gasteiger partial charge in [0.05, 0.1) is 18.0 Å². The van der Waals surface area contributed by atoms with Crippen LogP contribution in [0.15, 0.2) is 53.0 Å². The highest BCUT2D eigenvalue weighted by Crippen LogP contribution is 2.25. The predicted molar refractivity (Wildman–Crippen MR) is 141 cm³/mol. The Bertz CT molecular complexity index is 886. The van der Waals surface area contributed by atoms with Gasteiger partial charge in [0, 0.05) is 23.7 Å². The van der Waals surface area contributed by atoms with Gasteiger partial charge in [-0.05, 0) is 49.6 Å². The monoisotopic (exact) mass is 449 g/mol. The third-order valence-corrected chi connectivity index (χ3v) is 6.25. The van der Waals surface area contributed by atoms with Gasteiger partial charge in [-0.2, -0.15) is 0 Å². The lowest BCUT2D eigenvalue weighted by molar-refractivity contribution is 0.214. The number of allylic oxidation sites excluding steroid dienone is 1. The molecule has 0 aromatic carbocycles. The third-order valence-electron chi connectivity index (χ3n) is 6.25. The zero-order valence-corrected chi connectivity index (χ0v) is 20.8. The maximum atomic E-state index is 6.11. The van der Waals surface area contributed by atoms with E-state index in [1.807, 2.05) is 18.3 Å². The summed E-state index contributed by atoms with van der Waals surface area (Å²) >= 11 is 0. The second-order valence-electron chi connectivity index (χ2n) is 9.19. The maximum absolute atomic E-state index is 6.11. The van der Waals surface area contributed by atoms with Gasteiger partial charge in [0.2, 0.25) is 0 Å². The lowest BCUT2D eigenvalue weighted by Gasteiger charge is -2.07. The molecule has 0 spiro atoms. The van der Waals surface area contributed by atoms with E-state index in [2.05, 4.69) is 48.1 Å². The maximum Gasteiger partial charge on any atom is 0.147 e. The molecule has 0 bridgehead atoms. The van der Waals surface area contributed by atoms with Crippen LogP contribution in [-0.4, -0.2) is 22.3 Å². The van der Waals surface area contributed by atoms with E-state index in [0.717, 1.165) is 48.0 Å². The highest BCUT2D eigenvalue weighted by molar-refractivity contribution is 6.11. The first-order valence-electron chi connectivity index (χ1n) is 13.3. The molecule has 0 aliphatic carbocycles. The van der Waals surface area contributed by atoms with Gasteiger partial charge in [-0.3, -0.25) is 0 Å². The van der Waals surface area contributed by atoms with E-state index in [-0.39, 0.29) is 0 Å². The molecule has 0 unspecified atom stereocenters. The molecule has 2 aromatic rings. The second-order valence-corrected chi connectivity index (χ2v) is 9.19. The van der Waals surface area contributed by atoms with E-state index in [4.69, 9.17) is 9.73 Å². The molecule has 0 amide bonds. The van der Waals surface area contributed by atoms with Crippen molar-refractivity contribution in [2.75, 3.05) is 6.61 Å². The molecule has 0 saturated carbocycles. The Morgan fingerprint density at radius 3 is 2.30 bits per heavy atom. The number of hydrogen-bond donors (Lipinski definition) is 2. The van der Waals surface area contributed by atoms with Gasteiger partial charge in [-0.15, -0.1) is 0 Å². The van der Waals surface area contributed by atoms with Crippen molar-refractivity contribution in [1.82, 2.24) is 9.97 Å². The van der Waals surface area contributed by atoms with E-state index < -0.39 is 0 Å². The quantitative estimate of drug-likeness (QED) is 0.234. The number of unbranched alkanes of at least 4 members (excludes halogenated alkanes) is 10. The smallest absolute Gasteiger partial charge is 0.147 e. The minimum absolute atomic E-state index is 0.735. The first-order valence-corrected chi connectivity index (χ1v) is 13.3. The van der Waals surface area contributed by atoms with E-state index >= 15 is 0 Å². The summed E-state index contributed by atoms with van der Waals surface area (Å²) in [7, 11) is 0. The van der Waals surface area contributed by atoms with Crippen molar-refractivity contribution in [2.45, 2.75) is 97.3 Å². The van der Waals surface area contributed by atoms with Crippen LogP contribution < -0.4 is 0 Å². The molecule has 4 nitrogen and oxygen atoms in total. The number of nitrogens with zero attached hydrogens (tertiary/aromatic N) is 1. The Balaban J connectivity index is 1.49. The van der Waals surface area contributed by atoms with Gasteiger partial charge in [-0.1, -0.05) is 78.1 Å². The molecular weight excluding hydrogens is 406 g/mol. The lowest BCUT2D eigenvalue weighted by atomic mass is 10.1. The highest BCUT2D eigenvalue weighted by Gasteiger charge is 2.18. The Hall–Kier alpha value is -2.49. The fourth-order valence-corrected chi connectivity index (χ4v) is 4.26. The molecule has 1 aliphatic rings. The lowest BCUT2D eigenvalue weighted by Crippen LogP contribution is -1.96. The van der Waals surface area contributed by atoms with Gasteiger partial charge in [0.25, 0.3) is 0 Å². The molecule has 2 aromatic heterocycles. The predicted octanol–water partition coefficient (Wildman–Crippen LogP) is 8.35. The minimum atomic E-state index is 0.735. The highest BCUT2D eigenvalue weighted by atomic mass is 16.5. The Kier molecular flexibility index (Phi) is 11.1. The van der Waals surface area contributed by atoms with Crippen LogP contribution in [0.4, 0.5) is 0 Å². The van der Waals surface area contributed by atoms with Crippen LogP contribution in [0.25, 0.3) is 6.08 Å². The van der Waals surface area contributed by atoms with Crippen molar-refractivity contribution in [3.8, 4) is 0 Å². The number of aryl methyl sites for hydroxylation is 1. The summed E-state index contributed by atoms with van der Waals surface area (Å²) in [4.78, 5) is 11.7. The van der Waals surface area contributed by atoms with Gasteiger partial charge >= 0.3 is 0 Å². The molecule has 3 heterocycles. The molecule has 180 valence electrons. The van der Waals surface area contributed by atoms with Gasteiger partial charge in [0.1, 0.15) is 11.5 Å². The first kappa shape index (κ1) is 25.1. The summed E-state index contributed by atoms with van der Waals surface area (Å²) in [6.07, 6.45) is 23.0. The van der Waals surface area contributed by atoms with E-state index in [1.165, 1.54) is 76.3 Å². The van der Waals surface area contributed by atoms with Crippen molar-refractivity contribution in [1.29, 1.82) is 0 Å². The Labute approximate surface area is 200 Å². The van der Waals surface area contributed by atoms with Crippen LogP contribution in [0.5, 0.6) is 0 Å². The van der Waals surface area contributed by atoms with Crippen LogP contribution in [0, 0.1) is 0 Å². The van der Waals surface area contributed by atoms with Crippen LogP contribution in [0.2, 0.25) is 0 Å². The second kappa shape index (κ2) is 14.6. The van der Waals surface area contributed by atoms with Crippen molar-refractivity contribution < 1.29 is 4.74 Å². The SMILES string of the molecule is CCCCCCCCCCCc1ccc(C=C2N=C(c3ccc[nH]3)C=C2OCCCCC)[nH]1. The molecule has 33 heavy (non-hydrogen) atoms.